The molecule has 0 spiro atoms. The number of hydrogen-bond donors (Lipinski definition) is 0. The molecule has 68 valence electrons. The van der Waals surface area contributed by atoms with Crippen LogP contribution in [0.4, 0.5) is 0 Å². The average Bonchev–Trinajstić information content (AvgIpc) is 2.65. The van der Waals surface area contributed by atoms with Crippen LogP contribution in [0.1, 0.15) is 11.5 Å². The predicted molar refractivity (Wildman–Crippen MR) is 51.4 cm³/mol. The van der Waals surface area contributed by atoms with Crippen molar-refractivity contribution in [2.45, 2.75) is 6.92 Å². The zero-order chi connectivity index (χ0) is 9.97. The van der Waals surface area contributed by atoms with Crippen LogP contribution < -0.4 is 0 Å². The van der Waals surface area contributed by atoms with Crippen molar-refractivity contribution in [1.29, 1.82) is 5.26 Å². The van der Waals surface area contributed by atoms with E-state index in [1.54, 1.807) is 25.3 Å². The van der Waals surface area contributed by atoms with E-state index in [1.807, 2.05) is 12.1 Å². The second-order valence-corrected chi connectivity index (χ2v) is 2.93. The van der Waals surface area contributed by atoms with Gasteiger partial charge < -0.3 is 4.42 Å². The fourth-order valence-electron chi connectivity index (χ4n) is 1.20. The first kappa shape index (κ1) is 8.52. The lowest BCUT2D eigenvalue weighted by Gasteiger charge is -1.94. The fourth-order valence-corrected chi connectivity index (χ4v) is 1.20. The maximum atomic E-state index is 8.62. The molecular weight excluding hydrogens is 176 g/mol. The zero-order valence-corrected chi connectivity index (χ0v) is 7.69. The fraction of sp³-hybridized carbons (Fsp3) is 0.0909. The number of hydrogen-bond acceptors (Lipinski definition) is 3. The number of benzene rings is 1. The number of nitriles is 1. The molecule has 0 amide bonds. The summed E-state index contributed by atoms with van der Waals surface area (Å²) in [5.41, 5.74) is 1.58. The van der Waals surface area contributed by atoms with Gasteiger partial charge in [0.05, 0.1) is 17.8 Å². The van der Waals surface area contributed by atoms with Gasteiger partial charge >= 0.3 is 0 Å². The first-order valence-electron chi connectivity index (χ1n) is 4.22. The van der Waals surface area contributed by atoms with Gasteiger partial charge in [0.15, 0.2) is 11.7 Å². The Morgan fingerprint density at radius 3 is 2.50 bits per heavy atom. The topological polar surface area (TPSA) is 49.8 Å². The molecule has 0 fully saturated rings. The van der Waals surface area contributed by atoms with E-state index in [1.165, 1.54) is 0 Å². The first-order chi connectivity index (χ1) is 6.79. The van der Waals surface area contributed by atoms with Crippen LogP contribution >= 0.6 is 0 Å². The van der Waals surface area contributed by atoms with Gasteiger partial charge in [0, 0.05) is 12.5 Å². The van der Waals surface area contributed by atoms with Crippen LogP contribution in [0.15, 0.2) is 34.9 Å². The highest BCUT2D eigenvalue weighted by atomic mass is 16.4. The van der Waals surface area contributed by atoms with Gasteiger partial charge in [0.25, 0.3) is 0 Å². The van der Waals surface area contributed by atoms with Gasteiger partial charge in [-0.15, -0.1) is 0 Å². The Labute approximate surface area is 81.6 Å². The molecule has 2 aromatic rings. The summed E-state index contributed by atoms with van der Waals surface area (Å²) in [7, 11) is 0. The molecule has 0 saturated carbocycles. The van der Waals surface area contributed by atoms with Gasteiger partial charge in [-0.1, -0.05) is 0 Å². The van der Waals surface area contributed by atoms with Crippen molar-refractivity contribution in [3.8, 4) is 17.4 Å². The van der Waals surface area contributed by atoms with E-state index in [2.05, 4.69) is 11.1 Å². The standard InChI is InChI=1S/C11H8N2O/c1-8-13-7-11(14-8)10-4-2-9(6-12)3-5-10/h2-5,7H,1H3. The second kappa shape index (κ2) is 3.35. The molecule has 1 heterocycles. The number of aryl methyl sites for hydroxylation is 1. The van der Waals surface area contributed by atoms with Crippen LogP contribution in [-0.4, -0.2) is 4.98 Å². The molecule has 0 aliphatic rings. The zero-order valence-electron chi connectivity index (χ0n) is 7.69. The summed E-state index contributed by atoms with van der Waals surface area (Å²) < 4.78 is 5.35. The summed E-state index contributed by atoms with van der Waals surface area (Å²) in [6.07, 6.45) is 1.68. The highest BCUT2D eigenvalue weighted by molar-refractivity contribution is 5.57. The maximum absolute atomic E-state index is 8.62. The SMILES string of the molecule is Cc1ncc(-c2ccc(C#N)cc2)o1. The molecule has 0 aliphatic heterocycles. The monoisotopic (exact) mass is 184 g/mol. The van der Waals surface area contributed by atoms with Crippen LogP contribution in [0, 0.1) is 18.3 Å². The van der Waals surface area contributed by atoms with E-state index in [9.17, 15) is 0 Å². The van der Waals surface area contributed by atoms with Gasteiger partial charge in [0.1, 0.15) is 0 Å². The molecule has 0 saturated heterocycles. The highest BCUT2D eigenvalue weighted by Gasteiger charge is 2.02. The van der Waals surface area contributed by atoms with Gasteiger partial charge in [-0.05, 0) is 24.3 Å². The Hall–Kier alpha value is -2.08. The summed E-state index contributed by atoms with van der Waals surface area (Å²) in [6, 6.07) is 9.27. The average molecular weight is 184 g/mol. The number of aromatic nitrogens is 1. The highest BCUT2D eigenvalue weighted by Crippen LogP contribution is 2.20. The lowest BCUT2D eigenvalue weighted by Crippen LogP contribution is -1.75. The molecule has 0 aliphatic carbocycles. The lowest BCUT2D eigenvalue weighted by atomic mass is 10.1. The Balaban J connectivity index is 2.39. The Kier molecular flexibility index (Phi) is 2.04. The molecular formula is C11H8N2O. The minimum atomic E-state index is 0.643. The molecule has 14 heavy (non-hydrogen) atoms. The van der Waals surface area contributed by atoms with Gasteiger partial charge in [0.2, 0.25) is 0 Å². The van der Waals surface area contributed by atoms with E-state index in [0.29, 0.717) is 11.5 Å². The van der Waals surface area contributed by atoms with Crippen molar-refractivity contribution < 1.29 is 4.42 Å². The normalized spacial score (nSPS) is 9.71. The van der Waals surface area contributed by atoms with Crippen LogP contribution in [0.5, 0.6) is 0 Å². The third-order valence-electron chi connectivity index (χ3n) is 1.92. The van der Waals surface area contributed by atoms with E-state index in [-0.39, 0.29) is 0 Å². The van der Waals surface area contributed by atoms with Crippen LogP contribution in [-0.2, 0) is 0 Å². The van der Waals surface area contributed by atoms with Crippen molar-refractivity contribution in [3.63, 3.8) is 0 Å². The maximum Gasteiger partial charge on any atom is 0.191 e. The molecule has 0 atom stereocenters. The molecule has 0 N–H and O–H groups in total. The predicted octanol–water partition coefficient (Wildman–Crippen LogP) is 2.52. The Morgan fingerprint density at radius 1 is 1.29 bits per heavy atom. The largest absolute Gasteiger partial charge is 0.441 e. The summed E-state index contributed by atoms with van der Waals surface area (Å²) in [4.78, 5) is 4.00. The van der Waals surface area contributed by atoms with Crippen molar-refractivity contribution in [2.75, 3.05) is 0 Å². The quantitative estimate of drug-likeness (QED) is 0.684. The minimum Gasteiger partial charge on any atom is -0.441 e. The Morgan fingerprint density at radius 2 is 2.00 bits per heavy atom. The minimum absolute atomic E-state index is 0.643. The van der Waals surface area contributed by atoms with Crippen molar-refractivity contribution in [1.82, 2.24) is 4.98 Å². The van der Waals surface area contributed by atoms with Crippen molar-refractivity contribution in [3.05, 3.63) is 41.9 Å². The smallest absolute Gasteiger partial charge is 0.191 e. The van der Waals surface area contributed by atoms with E-state index >= 15 is 0 Å². The summed E-state index contributed by atoms with van der Waals surface area (Å²) in [5, 5.41) is 8.62. The molecule has 3 nitrogen and oxygen atoms in total. The summed E-state index contributed by atoms with van der Waals surface area (Å²) in [6.45, 7) is 1.80. The molecule has 0 radical (unpaired) electrons. The molecule has 2 rings (SSSR count). The molecule has 0 bridgehead atoms. The first-order valence-corrected chi connectivity index (χ1v) is 4.22. The van der Waals surface area contributed by atoms with Gasteiger partial charge in [-0.2, -0.15) is 5.26 Å². The lowest BCUT2D eigenvalue weighted by molar-refractivity contribution is 0.534. The molecule has 0 unspecified atom stereocenters. The van der Waals surface area contributed by atoms with E-state index in [0.717, 1.165) is 11.3 Å². The third-order valence-corrected chi connectivity index (χ3v) is 1.92. The van der Waals surface area contributed by atoms with Crippen molar-refractivity contribution >= 4 is 0 Å². The summed E-state index contributed by atoms with van der Waals surface area (Å²) >= 11 is 0. The van der Waals surface area contributed by atoms with Crippen LogP contribution in [0.25, 0.3) is 11.3 Å². The second-order valence-electron chi connectivity index (χ2n) is 2.93. The van der Waals surface area contributed by atoms with Crippen LogP contribution in [0.3, 0.4) is 0 Å². The molecule has 1 aromatic carbocycles. The molecule has 1 aromatic heterocycles. The van der Waals surface area contributed by atoms with E-state index in [4.69, 9.17) is 9.68 Å². The van der Waals surface area contributed by atoms with Gasteiger partial charge in [-0.3, -0.25) is 0 Å². The van der Waals surface area contributed by atoms with Crippen molar-refractivity contribution in [2.24, 2.45) is 0 Å². The van der Waals surface area contributed by atoms with Crippen LogP contribution in [0.2, 0.25) is 0 Å². The number of oxazole rings is 1. The van der Waals surface area contributed by atoms with Gasteiger partial charge in [-0.25, -0.2) is 4.98 Å². The third kappa shape index (κ3) is 1.50. The molecule has 3 heteroatoms. The summed E-state index contributed by atoms with van der Waals surface area (Å²) in [5.74, 6) is 1.37. The van der Waals surface area contributed by atoms with E-state index < -0.39 is 0 Å². The number of nitrogens with zero attached hydrogens (tertiary/aromatic N) is 2. The Bertz CT molecular complexity index is 477. The number of rotatable bonds is 1.